The summed E-state index contributed by atoms with van der Waals surface area (Å²) < 4.78 is 39.8. The molecule has 10 nitrogen and oxygen atoms in total. The van der Waals surface area contributed by atoms with Crippen LogP contribution in [0.5, 0.6) is 0 Å². The maximum Gasteiger partial charge on any atom is 0.416 e. The van der Waals surface area contributed by atoms with Crippen LogP contribution in [0.2, 0.25) is 0 Å². The smallest absolute Gasteiger partial charge is 0.350 e. The molecule has 41 heavy (non-hydrogen) atoms. The fourth-order valence-electron chi connectivity index (χ4n) is 3.76. The first kappa shape index (κ1) is 33.1. The Kier molecular flexibility index (Phi) is 11.3. The number of benzene rings is 2. The van der Waals surface area contributed by atoms with Gasteiger partial charge in [0, 0.05) is 25.7 Å². The van der Waals surface area contributed by atoms with Gasteiger partial charge in [0.1, 0.15) is 6.04 Å². The Bertz CT molecular complexity index is 1270. The van der Waals surface area contributed by atoms with Crippen LogP contribution in [-0.4, -0.2) is 55.5 Å². The van der Waals surface area contributed by atoms with E-state index < -0.39 is 59.2 Å². The second-order valence-electron chi connectivity index (χ2n) is 10.6. The van der Waals surface area contributed by atoms with E-state index in [0.29, 0.717) is 12.6 Å². The largest absolute Gasteiger partial charge is 0.416 e. The first-order valence-electron chi connectivity index (χ1n) is 12.9. The minimum atomic E-state index is -4.74. The lowest BCUT2D eigenvalue weighted by Crippen LogP contribution is -2.56. The molecule has 0 spiro atoms. The summed E-state index contributed by atoms with van der Waals surface area (Å²) in [7, 11) is 1.30. The Morgan fingerprint density at radius 2 is 1.63 bits per heavy atom. The molecule has 2 rings (SSSR count). The standard InChI is InChI=1S/C28H37F3N6O4/c1-16-7-8-18(17(2)11-16)13-33-14-22(25(40)37-27(3,4)5)35-23(38)15-34-24(39)20-12-19(28(29,30)31)9-10-21(20)36-26(41)32-6/h7-12,22,33H,13-15H2,1-6H3,(H,34,39)(H,35,38)(H,37,40)(H2,32,36,41). The first-order chi connectivity index (χ1) is 19.0. The molecule has 2 aromatic rings. The summed E-state index contributed by atoms with van der Waals surface area (Å²) in [5.41, 5.74) is 0.834. The van der Waals surface area contributed by atoms with Crippen LogP contribution in [0.3, 0.4) is 0 Å². The SMILES string of the molecule is CNC(=O)Nc1ccc(C(F)(F)F)cc1C(=O)NCC(=O)NC(CNCc1ccc(C)cc1C)C(=O)NC(C)(C)C. The van der Waals surface area contributed by atoms with E-state index in [4.69, 9.17) is 0 Å². The average Bonchev–Trinajstić information content (AvgIpc) is 2.86. The fourth-order valence-corrected chi connectivity index (χ4v) is 3.76. The third-order valence-electron chi connectivity index (χ3n) is 5.79. The zero-order chi connectivity index (χ0) is 31.0. The number of anilines is 1. The normalized spacial score (nSPS) is 12.2. The molecule has 0 heterocycles. The van der Waals surface area contributed by atoms with Crippen molar-refractivity contribution in [3.8, 4) is 0 Å². The summed E-state index contributed by atoms with van der Waals surface area (Å²) in [5.74, 6) is -2.23. The third-order valence-corrected chi connectivity index (χ3v) is 5.79. The lowest BCUT2D eigenvalue weighted by atomic mass is 10.1. The second kappa shape index (κ2) is 14.0. The van der Waals surface area contributed by atoms with Crippen molar-refractivity contribution >= 4 is 29.4 Å². The molecule has 0 bridgehead atoms. The molecule has 13 heteroatoms. The molecule has 0 radical (unpaired) electrons. The Balaban J connectivity index is 2.12. The number of rotatable bonds is 10. The number of alkyl halides is 3. The number of aryl methyl sites for hydroxylation is 2. The van der Waals surface area contributed by atoms with E-state index in [9.17, 15) is 32.3 Å². The van der Waals surface area contributed by atoms with Gasteiger partial charge in [0.05, 0.1) is 23.4 Å². The summed E-state index contributed by atoms with van der Waals surface area (Å²) in [5, 5.41) is 15.3. The molecule has 0 saturated carbocycles. The highest BCUT2D eigenvalue weighted by molar-refractivity contribution is 6.04. The number of carbonyl (C=O) groups excluding carboxylic acids is 4. The van der Waals surface area contributed by atoms with Crippen LogP contribution in [0.25, 0.3) is 0 Å². The number of hydrogen-bond acceptors (Lipinski definition) is 5. The molecule has 1 unspecified atom stereocenters. The lowest BCUT2D eigenvalue weighted by Gasteiger charge is -2.26. The highest BCUT2D eigenvalue weighted by atomic mass is 19.4. The first-order valence-corrected chi connectivity index (χ1v) is 12.9. The Morgan fingerprint density at radius 3 is 2.22 bits per heavy atom. The second-order valence-corrected chi connectivity index (χ2v) is 10.6. The van der Waals surface area contributed by atoms with Gasteiger partial charge in [0.25, 0.3) is 5.91 Å². The van der Waals surface area contributed by atoms with Crippen LogP contribution >= 0.6 is 0 Å². The molecule has 6 N–H and O–H groups in total. The van der Waals surface area contributed by atoms with Crippen LogP contribution in [0, 0.1) is 13.8 Å². The number of halogens is 3. The van der Waals surface area contributed by atoms with E-state index in [2.05, 4.69) is 31.9 Å². The number of carbonyl (C=O) groups is 4. The maximum atomic E-state index is 13.3. The fraction of sp³-hybridized carbons (Fsp3) is 0.429. The van der Waals surface area contributed by atoms with E-state index in [1.165, 1.54) is 7.05 Å². The Morgan fingerprint density at radius 1 is 0.951 bits per heavy atom. The molecule has 0 fully saturated rings. The van der Waals surface area contributed by atoms with Crippen molar-refractivity contribution in [2.45, 2.75) is 58.9 Å². The predicted molar refractivity (Wildman–Crippen MR) is 149 cm³/mol. The lowest BCUT2D eigenvalue weighted by molar-refractivity contribution is -0.137. The zero-order valence-electron chi connectivity index (χ0n) is 23.9. The summed E-state index contributed by atoms with van der Waals surface area (Å²) in [4.78, 5) is 50.1. The molecule has 0 saturated heterocycles. The molecule has 0 aliphatic carbocycles. The quantitative estimate of drug-likeness (QED) is 0.257. The van der Waals surface area contributed by atoms with Crippen molar-refractivity contribution in [2.24, 2.45) is 0 Å². The van der Waals surface area contributed by atoms with Gasteiger partial charge in [-0.1, -0.05) is 23.8 Å². The van der Waals surface area contributed by atoms with Crippen molar-refractivity contribution in [3.63, 3.8) is 0 Å². The molecule has 2 aromatic carbocycles. The minimum Gasteiger partial charge on any atom is -0.350 e. The van der Waals surface area contributed by atoms with E-state index in [0.717, 1.165) is 28.8 Å². The summed E-state index contributed by atoms with van der Waals surface area (Å²) in [6.45, 7) is 9.18. The van der Waals surface area contributed by atoms with E-state index in [-0.39, 0.29) is 12.2 Å². The molecule has 1 atom stereocenters. The van der Waals surface area contributed by atoms with Gasteiger partial charge in [0.2, 0.25) is 11.8 Å². The minimum absolute atomic E-state index is 0.0722. The number of nitrogens with one attached hydrogen (secondary N) is 6. The van der Waals surface area contributed by atoms with Crippen molar-refractivity contribution < 1.29 is 32.3 Å². The third kappa shape index (κ3) is 10.7. The van der Waals surface area contributed by atoms with Crippen molar-refractivity contribution in [1.29, 1.82) is 0 Å². The van der Waals surface area contributed by atoms with Gasteiger partial charge < -0.3 is 31.9 Å². The van der Waals surface area contributed by atoms with Crippen LogP contribution in [0.1, 0.15) is 53.4 Å². The van der Waals surface area contributed by atoms with Gasteiger partial charge in [-0.05, 0) is 63.9 Å². The molecule has 0 aliphatic rings. The van der Waals surface area contributed by atoms with E-state index in [1.807, 2.05) is 32.0 Å². The number of amides is 5. The van der Waals surface area contributed by atoms with Crippen LogP contribution in [0.15, 0.2) is 36.4 Å². The van der Waals surface area contributed by atoms with Crippen LogP contribution in [-0.2, 0) is 22.3 Å². The van der Waals surface area contributed by atoms with Crippen molar-refractivity contribution in [3.05, 3.63) is 64.2 Å². The van der Waals surface area contributed by atoms with Gasteiger partial charge in [-0.3, -0.25) is 14.4 Å². The van der Waals surface area contributed by atoms with E-state index >= 15 is 0 Å². The molecule has 5 amide bonds. The number of hydrogen-bond donors (Lipinski definition) is 6. The highest BCUT2D eigenvalue weighted by Crippen LogP contribution is 2.32. The average molecular weight is 579 g/mol. The van der Waals surface area contributed by atoms with E-state index in [1.54, 1.807) is 20.8 Å². The van der Waals surface area contributed by atoms with Gasteiger partial charge in [-0.25, -0.2) is 4.79 Å². The zero-order valence-corrected chi connectivity index (χ0v) is 23.9. The van der Waals surface area contributed by atoms with Gasteiger partial charge in [0.15, 0.2) is 0 Å². The summed E-state index contributed by atoms with van der Waals surface area (Å²) >= 11 is 0. The maximum absolute atomic E-state index is 13.3. The van der Waals surface area contributed by atoms with Crippen LogP contribution < -0.4 is 31.9 Å². The van der Waals surface area contributed by atoms with Crippen LogP contribution in [0.4, 0.5) is 23.7 Å². The topological polar surface area (TPSA) is 140 Å². The monoisotopic (exact) mass is 578 g/mol. The Labute approximate surface area is 237 Å². The predicted octanol–water partition coefficient (Wildman–Crippen LogP) is 2.99. The molecular weight excluding hydrogens is 541 g/mol. The molecular formula is C28H37F3N6O4. The van der Waals surface area contributed by atoms with Gasteiger partial charge in [-0.15, -0.1) is 0 Å². The molecule has 224 valence electrons. The van der Waals surface area contributed by atoms with Gasteiger partial charge in [-0.2, -0.15) is 13.2 Å². The summed E-state index contributed by atoms with van der Waals surface area (Å²) in [6, 6.07) is 6.45. The number of urea groups is 1. The van der Waals surface area contributed by atoms with Crippen molar-refractivity contribution in [1.82, 2.24) is 26.6 Å². The summed E-state index contributed by atoms with van der Waals surface area (Å²) in [6.07, 6.45) is -4.74. The molecule has 0 aromatic heterocycles. The Hall–Kier alpha value is -4.13. The highest BCUT2D eigenvalue weighted by Gasteiger charge is 2.32. The molecule has 0 aliphatic heterocycles. The van der Waals surface area contributed by atoms with Gasteiger partial charge >= 0.3 is 12.2 Å². The van der Waals surface area contributed by atoms with Crippen molar-refractivity contribution in [2.75, 3.05) is 25.5 Å².